The normalized spacial score (nSPS) is 10.3. The van der Waals surface area contributed by atoms with Crippen LogP contribution in [0.1, 0.15) is 71.1 Å². The fraction of sp³-hybridized carbons (Fsp3) is 1.00. The summed E-state index contributed by atoms with van der Waals surface area (Å²) in [5, 5.41) is 0. The van der Waals surface area contributed by atoms with Gasteiger partial charge >= 0.3 is 7.32 Å². The largest absolute Gasteiger partial charge is 0.639 e. The van der Waals surface area contributed by atoms with Gasteiger partial charge in [0.1, 0.15) is 0 Å². The lowest BCUT2D eigenvalue weighted by Gasteiger charge is -2.08. The van der Waals surface area contributed by atoms with Gasteiger partial charge in [-0.1, -0.05) is 64.7 Å². The summed E-state index contributed by atoms with van der Waals surface area (Å²) in [7, 11) is 2.68. The molecular weight excluding hydrogens is 241 g/mol. The molecule has 4 nitrogen and oxygen atoms in total. The van der Waals surface area contributed by atoms with Gasteiger partial charge in [0, 0.05) is 20.8 Å². The van der Waals surface area contributed by atoms with Crippen molar-refractivity contribution in [1.82, 2.24) is 6.15 Å². The maximum absolute atomic E-state index is 5.37. The average Bonchev–Trinajstić information content (AvgIpc) is 2.40. The Kier molecular flexibility index (Phi) is 20.0. The summed E-state index contributed by atoms with van der Waals surface area (Å²) >= 11 is 0. The van der Waals surface area contributed by atoms with Crippen LogP contribution in [0.25, 0.3) is 0 Å². The Morgan fingerprint density at radius 3 is 1.53 bits per heavy atom. The van der Waals surface area contributed by atoms with Crippen LogP contribution in [0.2, 0.25) is 0 Å². The van der Waals surface area contributed by atoms with Crippen LogP contribution in [-0.2, 0) is 14.0 Å². The van der Waals surface area contributed by atoms with E-state index in [1.165, 1.54) is 57.8 Å². The molecule has 0 unspecified atom stereocenters. The summed E-state index contributed by atoms with van der Waals surface area (Å²) in [6.45, 7) is 2.99. The van der Waals surface area contributed by atoms with Gasteiger partial charge in [-0.2, -0.15) is 0 Å². The fourth-order valence-electron chi connectivity index (χ4n) is 2.00. The highest BCUT2D eigenvalue weighted by Gasteiger charge is 2.15. The maximum atomic E-state index is 5.37. The van der Waals surface area contributed by atoms with Crippen LogP contribution < -0.4 is 6.15 Å². The third kappa shape index (κ3) is 15.8. The van der Waals surface area contributed by atoms with Crippen molar-refractivity contribution in [2.45, 2.75) is 71.1 Å². The Balaban J connectivity index is 0. The monoisotopic (exact) mass is 275 g/mol. The van der Waals surface area contributed by atoms with Gasteiger partial charge in [-0.25, -0.2) is 0 Å². The van der Waals surface area contributed by atoms with Crippen LogP contribution in [-0.4, -0.2) is 28.1 Å². The van der Waals surface area contributed by atoms with E-state index in [0.29, 0.717) is 0 Å². The molecule has 0 saturated heterocycles. The first-order chi connectivity index (χ1) is 8.85. The van der Waals surface area contributed by atoms with Crippen molar-refractivity contribution in [2.24, 2.45) is 0 Å². The highest BCUT2D eigenvalue weighted by molar-refractivity contribution is 6.36. The lowest BCUT2D eigenvalue weighted by Crippen LogP contribution is -2.24. The van der Waals surface area contributed by atoms with E-state index in [0.717, 1.165) is 13.0 Å². The van der Waals surface area contributed by atoms with E-state index in [9.17, 15) is 0 Å². The van der Waals surface area contributed by atoms with Gasteiger partial charge in [-0.05, 0) is 6.42 Å². The van der Waals surface area contributed by atoms with E-state index in [-0.39, 0.29) is 6.15 Å². The van der Waals surface area contributed by atoms with Crippen molar-refractivity contribution in [3.8, 4) is 0 Å². The molecule has 0 atom stereocenters. The van der Waals surface area contributed by atoms with Crippen LogP contribution in [0.4, 0.5) is 0 Å². The first kappa shape index (κ1) is 21.2. The molecular formula is C14H34BNO3. The van der Waals surface area contributed by atoms with Gasteiger partial charge in [-0.15, -0.1) is 0 Å². The lowest BCUT2D eigenvalue weighted by molar-refractivity contribution is 0.133. The molecule has 116 valence electrons. The van der Waals surface area contributed by atoms with Gasteiger partial charge in [-0.3, -0.25) is 0 Å². The highest BCUT2D eigenvalue weighted by Crippen LogP contribution is 2.10. The summed E-state index contributed by atoms with van der Waals surface area (Å²) in [5.41, 5.74) is 0. The van der Waals surface area contributed by atoms with Crippen LogP contribution in [0.5, 0.6) is 0 Å². The molecule has 0 amide bonds. The Morgan fingerprint density at radius 2 is 1.11 bits per heavy atom. The highest BCUT2D eigenvalue weighted by atomic mass is 16.7. The third-order valence-corrected chi connectivity index (χ3v) is 3.14. The molecule has 0 heterocycles. The van der Waals surface area contributed by atoms with Crippen LogP contribution in [0.3, 0.4) is 0 Å². The number of hydrogen-bond donors (Lipinski definition) is 1. The van der Waals surface area contributed by atoms with E-state index in [1.807, 2.05) is 0 Å². The van der Waals surface area contributed by atoms with Crippen molar-refractivity contribution in [3.05, 3.63) is 0 Å². The van der Waals surface area contributed by atoms with Crippen LogP contribution in [0, 0.1) is 0 Å². The maximum Gasteiger partial charge on any atom is 0.639 e. The zero-order valence-electron chi connectivity index (χ0n) is 13.3. The van der Waals surface area contributed by atoms with Gasteiger partial charge in [0.05, 0.1) is 0 Å². The Labute approximate surface area is 120 Å². The first-order valence-electron chi connectivity index (χ1n) is 7.52. The van der Waals surface area contributed by atoms with E-state index in [4.69, 9.17) is 14.0 Å². The molecule has 0 aromatic carbocycles. The second-order valence-electron chi connectivity index (χ2n) is 4.81. The van der Waals surface area contributed by atoms with Gasteiger partial charge in [0.2, 0.25) is 0 Å². The molecule has 19 heavy (non-hydrogen) atoms. The summed E-state index contributed by atoms with van der Waals surface area (Å²) < 4.78 is 15.3. The van der Waals surface area contributed by atoms with E-state index in [1.54, 1.807) is 14.2 Å². The zero-order valence-corrected chi connectivity index (χ0v) is 13.3. The molecule has 0 radical (unpaired) electrons. The molecule has 0 fully saturated rings. The number of hydrogen-bond acceptors (Lipinski definition) is 4. The van der Waals surface area contributed by atoms with Gasteiger partial charge in [0.15, 0.2) is 0 Å². The summed E-state index contributed by atoms with van der Waals surface area (Å²) in [4.78, 5) is 0. The standard InChI is InChI=1S/C14H31BO3.H3N/c1-4-5-6-7-8-9-10-11-12-13-14-18-15(16-2)17-3;/h4-14H2,1-3H3;1H3. The second kappa shape index (κ2) is 17.9. The van der Waals surface area contributed by atoms with E-state index in [2.05, 4.69) is 6.92 Å². The Morgan fingerprint density at radius 1 is 0.684 bits per heavy atom. The zero-order chi connectivity index (χ0) is 13.5. The summed E-state index contributed by atoms with van der Waals surface area (Å²) in [6, 6.07) is 0. The molecule has 5 heteroatoms. The van der Waals surface area contributed by atoms with Gasteiger partial charge < -0.3 is 20.1 Å². The van der Waals surface area contributed by atoms with Crippen molar-refractivity contribution < 1.29 is 14.0 Å². The minimum Gasteiger partial charge on any atom is -0.389 e. The van der Waals surface area contributed by atoms with Crippen LogP contribution >= 0.6 is 0 Å². The lowest BCUT2D eigenvalue weighted by atomic mass is 10.1. The summed E-state index contributed by atoms with van der Waals surface area (Å²) in [6.07, 6.45) is 13.4. The molecule has 0 aliphatic rings. The minimum atomic E-state index is -0.497. The summed E-state index contributed by atoms with van der Waals surface area (Å²) in [5.74, 6) is 0. The molecule has 0 bridgehead atoms. The van der Waals surface area contributed by atoms with Crippen molar-refractivity contribution in [3.63, 3.8) is 0 Å². The molecule has 0 spiro atoms. The molecule has 0 aliphatic carbocycles. The van der Waals surface area contributed by atoms with Crippen molar-refractivity contribution in [1.29, 1.82) is 0 Å². The molecule has 0 saturated carbocycles. The van der Waals surface area contributed by atoms with Gasteiger partial charge in [0.25, 0.3) is 0 Å². The van der Waals surface area contributed by atoms with Crippen molar-refractivity contribution >= 4 is 7.32 Å². The van der Waals surface area contributed by atoms with Crippen LogP contribution in [0.15, 0.2) is 0 Å². The molecule has 0 rings (SSSR count). The molecule has 0 aromatic heterocycles. The quantitative estimate of drug-likeness (QED) is 0.378. The van der Waals surface area contributed by atoms with Crippen molar-refractivity contribution in [2.75, 3.05) is 20.8 Å². The predicted octanol–water partition coefficient (Wildman–Crippen LogP) is 4.36. The SMILES string of the molecule is CCCCCCCCCCCCOB(OC)OC.N. The second-order valence-corrected chi connectivity index (χ2v) is 4.81. The third-order valence-electron chi connectivity index (χ3n) is 3.14. The first-order valence-corrected chi connectivity index (χ1v) is 7.52. The molecule has 3 N–H and O–H groups in total. The Hall–Kier alpha value is -0.0951. The van der Waals surface area contributed by atoms with E-state index >= 15 is 0 Å². The number of rotatable bonds is 14. The minimum absolute atomic E-state index is 0. The number of unbranched alkanes of at least 4 members (excludes halogenated alkanes) is 9. The Bertz CT molecular complexity index is 158. The fourth-order valence-corrected chi connectivity index (χ4v) is 2.00. The molecule has 0 aromatic rings. The smallest absolute Gasteiger partial charge is 0.389 e. The predicted molar refractivity (Wildman–Crippen MR) is 82.6 cm³/mol. The van der Waals surface area contributed by atoms with E-state index < -0.39 is 7.32 Å². The average molecular weight is 275 g/mol. The topological polar surface area (TPSA) is 62.7 Å². The molecule has 0 aliphatic heterocycles.